The summed E-state index contributed by atoms with van der Waals surface area (Å²) in [4.78, 5) is 37.1. The molecule has 1 aliphatic heterocycles. The van der Waals surface area contributed by atoms with Gasteiger partial charge in [0, 0.05) is 19.0 Å². The van der Waals surface area contributed by atoms with E-state index in [0.29, 0.717) is 0 Å². The Balaban J connectivity index is 2.63. The number of aliphatic hydroxyl groups excluding tert-OH is 1. The van der Waals surface area contributed by atoms with Gasteiger partial charge in [0.1, 0.15) is 0 Å². The SMILES string of the molecule is C=CCN1C(=O)C(O)=C(C(=O)CC(C)C)C1c1ccccc1[N+](=O)[O-]. The first-order valence-corrected chi connectivity index (χ1v) is 7.91. The van der Waals surface area contributed by atoms with Gasteiger partial charge in [-0.25, -0.2) is 0 Å². The summed E-state index contributed by atoms with van der Waals surface area (Å²) in [6, 6.07) is 4.91. The lowest BCUT2D eigenvalue weighted by Crippen LogP contribution is -2.31. The normalized spacial score (nSPS) is 17.3. The summed E-state index contributed by atoms with van der Waals surface area (Å²) >= 11 is 0. The zero-order valence-corrected chi connectivity index (χ0v) is 14.1. The standard InChI is InChI=1S/C18H20N2O5/c1-4-9-19-16(12-7-5-6-8-13(12)20(24)25)15(17(22)18(19)23)14(21)10-11(2)3/h4-8,11,16,22H,1,9-10H2,2-3H3. The smallest absolute Gasteiger partial charge is 0.290 e. The lowest BCUT2D eigenvalue weighted by atomic mass is 9.91. The summed E-state index contributed by atoms with van der Waals surface area (Å²) in [5.74, 6) is -1.75. The van der Waals surface area contributed by atoms with Crippen LogP contribution in [-0.4, -0.2) is 33.2 Å². The van der Waals surface area contributed by atoms with Crippen molar-refractivity contribution in [2.45, 2.75) is 26.3 Å². The highest BCUT2D eigenvalue weighted by atomic mass is 16.6. The van der Waals surface area contributed by atoms with Crippen molar-refractivity contribution in [3.63, 3.8) is 0 Å². The van der Waals surface area contributed by atoms with Crippen molar-refractivity contribution in [3.8, 4) is 0 Å². The summed E-state index contributed by atoms with van der Waals surface area (Å²) in [6.07, 6.45) is 1.58. The Morgan fingerprint density at radius 2 is 2.08 bits per heavy atom. The van der Waals surface area contributed by atoms with Crippen LogP contribution in [0.15, 0.2) is 48.3 Å². The molecule has 0 saturated heterocycles. The first kappa shape index (κ1) is 18.4. The topological polar surface area (TPSA) is 101 Å². The number of rotatable bonds is 7. The first-order chi connectivity index (χ1) is 11.8. The van der Waals surface area contributed by atoms with E-state index in [1.807, 2.05) is 13.8 Å². The number of Topliss-reactive ketones (excluding diaryl/α,β-unsaturated/α-hetero) is 1. The maximum atomic E-state index is 12.6. The number of aliphatic hydroxyl groups is 1. The number of nitro benzene ring substituents is 1. The number of ketones is 1. The minimum absolute atomic E-state index is 0.0164. The zero-order valence-electron chi connectivity index (χ0n) is 14.1. The van der Waals surface area contributed by atoms with Gasteiger partial charge in [0.25, 0.3) is 11.6 Å². The number of hydrogen-bond acceptors (Lipinski definition) is 5. The van der Waals surface area contributed by atoms with Crippen LogP contribution in [0.4, 0.5) is 5.69 Å². The van der Waals surface area contributed by atoms with E-state index < -0.39 is 28.4 Å². The van der Waals surface area contributed by atoms with E-state index in [9.17, 15) is 24.8 Å². The van der Waals surface area contributed by atoms with Crippen LogP contribution in [-0.2, 0) is 9.59 Å². The maximum Gasteiger partial charge on any atom is 0.290 e. The Hall–Kier alpha value is -2.96. The molecule has 0 bridgehead atoms. The third kappa shape index (κ3) is 3.45. The highest BCUT2D eigenvalue weighted by Crippen LogP contribution is 2.41. The van der Waals surface area contributed by atoms with Crippen LogP contribution < -0.4 is 0 Å². The summed E-state index contributed by atoms with van der Waals surface area (Å²) in [5.41, 5.74) is -0.104. The molecule has 1 atom stereocenters. The van der Waals surface area contributed by atoms with E-state index in [1.54, 1.807) is 6.07 Å². The Morgan fingerprint density at radius 3 is 2.64 bits per heavy atom. The summed E-state index contributed by atoms with van der Waals surface area (Å²) in [6.45, 7) is 7.31. The Labute approximate surface area is 145 Å². The van der Waals surface area contributed by atoms with E-state index in [2.05, 4.69) is 6.58 Å². The van der Waals surface area contributed by atoms with Crippen LogP contribution in [0.2, 0.25) is 0 Å². The largest absolute Gasteiger partial charge is 0.503 e. The third-order valence-electron chi connectivity index (χ3n) is 3.95. The molecule has 7 heteroatoms. The van der Waals surface area contributed by atoms with Crippen LogP contribution in [0.3, 0.4) is 0 Å². The van der Waals surface area contributed by atoms with Gasteiger partial charge >= 0.3 is 0 Å². The minimum atomic E-state index is -1.00. The fourth-order valence-corrected chi connectivity index (χ4v) is 2.95. The molecule has 0 saturated carbocycles. The number of nitro groups is 1. The van der Waals surface area contributed by atoms with Crippen molar-refractivity contribution in [2.24, 2.45) is 5.92 Å². The highest BCUT2D eigenvalue weighted by molar-refractivity contribution is 6.09. The number of nitrogens with zero attached hydrogens (tertiary/aromatic N) is 2. The second kappa shape index (κ2) is 7.29. The lowest BCUT2D eigenvalue weighted by Gasteiger charge is -2.25. The lowest BCUT2D eigenvalue weighted by molar-refractivity contribution is -0.385. The maximum absolute atomic E-state index is 12.6. The van der Waals surface area contributed by atoms with Crippen LogP contribution in [0.25, 0.3) is 0 Å². The molecule has 1 aromatic rings. The predicted octanol–water partition coefficient (Wildman–Crippen LogP) is 3.09. The fourth-order valence-electron chi connectivity index (χ4n) is 2.95. The average Bonchev–Trinajstić information content (AvgIpc) is 2.79. The van der Waals surface area contributed by atoms with Gasteiger partial charge in [-0.2, -0.15) is 0 Å². The Bertz CT molecular complexity index is 766. The van der Waals surface area contributed by atoms with Crippen molar-refractivity contribution in [3.05, 3.63) is 63.9 Å². The van der Waals surface area contributed by atoms with Gasteiger partial charge < -0.3 is 10.0 Å². The van der Waals surface area contributed by atoms with Gasteiger partial charge in [0.2, 0.25) is 0 Å². The summed E-state index contributed by atoms with van der Waals surface area (Å²) < 4.78 is 0. The number of amides is 1. The van der Waals surface area contributed by atoms with E-state index in [-0.39, 0.29) is 35.7 Å². The van der Waals surface area contributed by atoms with Crippen molar-refractivity contribution in [1.29, 1.82) is 0 Å². The molecule has 1 heterocycles. The van der Waals surface area contributed by atoms with Gasteiger partial charge in [-0.1, -0.05) is 32.1 Å². The molecule has 1 unspecified atom stereocenters. The molecule has 2 rings (SSSR count). The molecular formula is C18H20N2O5. The van der Waals surface area contributed by atoms with E-state index in [4.69, 9.17) is 0 Å². The van der Waals surface area contributed by atoms with Crippen LogP contribution >= 0.6 is 0 Å². The molecule has 25 heavy (non-hydrogen) atoms. The number of benzene rings is 1. The van der Waals surface area contributed by atoms with Crippen LogP contribution in [0.1, 0.15) is 31.9 Å². The molecule has 0 aromatic heterocycles. The van der Waals surface area contributed by atoms with Gasteiger partial charge in [0.05, 0.1) is 22.1 Å². The number of hydrogen-bond donors (Lipinski definition) is 1. The van der Waals surface area contributed by atoms with Crippen molar-refractivity contribution >= 4 is 17.4 Å². The molecule has 1 aliphatic rings. The number of para-hydroxylation sites is 1. The molecule has 0 spiro atoms. The minimum Gasteiger partial charge on any atom is -0.503 e. The molecule has 1 N–H and O–H groups in total. The molecular weight excluding hydrogens is 324 g/mol. The van der Waals surface area contributed by atoms with Crippen molar-refractivity contribution < 1.29 is 19.6 Å². The summed E-state index contributed by atoms with van der Waals surface area (Å²) in [7, 11) is 0. The quantitative estimate of drug-likeness (QED) is 0.465. The van der Waals surface area contributed by atoms with Crippen molar-refractivity contribution in [1.82, 2.24) is 4.90 Å². The number of carbonyl (C=O) groups excluding carboxylic acids is 2. The van der Waals surface area contributed by atoms with Gasteiger partial charge in [-0.15, -0.1) is 6.58 Å². The predicted molar refractivity (Wildman–Crippen MR) is 91.9 cm³/mol. The van der Waals surface area contributed by atoms with Crippen LogP contribution in [0.5, 0.6) is 0 Å². The molecule has 0 radical (unpaired) electrons. The van der Waals surface area contributed by atoms with E-state index in [0.717, 1.165) is 0 Å². The second-order valence-corrected chi connectivity index (χ2v) is 6.25. The molecule has 0 aliphatic carbocycles. The van der Waals surface area contributed by atoms with Gasteiger partial charge in [-0.3, -0.25) is 19.7 Å². The second-order valence-electron chi connectivity index (χ2n) is 6.25. The molecule has 132 valence electrons. The average molecular weight is 344 g/mol. The monoisotopic (exact) mass is 344 g/mol. The molecule has 0 fully saturated rings. The van der Waals surface area contributed by atoms with Gasteiger partial charge in [0.15, 0.2) is 11.5 Å². The van der Waals surface area contributed by atoms with Gasteiger partial charge in [-0.05, 0) is 12.0 Å². The highest BCUT2D eigenvalue weighted by Gasteiger charge is 2.45. The number of carbonyl (C=O) groups is 2. The molecule has 7 nitrogen and oxygen atoms in total. The van der Waals surface area contributed by atoms with Crippen molar-refractivity contribution in [2.75, 3.05) is 6.54 Å². The Kier molecular flexibility index (Phi) is 5.36. The fraction of sp³-hybridized carbons (Fsp3) is 0.333. The third-order valence-corrected chi connectivity index (χ3v) is 3.95. The Morgan fingerprint density at radius 1 is 1.44 bits per heavy atom. The van der Waals surface area contributed by atoms with E-state index in [1.165, 1.54) is 29.2 Å². The van der Waals surface area contributed by atoms with E-state index >= 15 is 0 Å². The van der Waals surface area contributed by atoms with Crippen LogP contribution in [0, 0.1) is 16.0 Å². The molecule has 1 aromatic carbocycles. The first-order valence-electron chi connectivity index (χ1n) is 7.91. The zero-order chi connectivity index (χ0) is 18.7. The summed E-state index contributed by atoms with van der Waals surface area (Å²) in [5, 5.41) is 21.6. The molecule has 1 amide bonds.